The summed E-state index contributed by atoms with van der Waals surface area (Å²) >= 11 is 1.60. The fourth-order valence-corrected chi connectivity index (χ4v) is 4.41. The van der Waals surface area contributed by atoms with Crippen molar-refractivity contribution in [1.29, 1.82) is 0 Å². The lowest BCUT2D eigenvalue weighted by Gasteiger charge is -2.35. The number of hydrogen-bond donors (Lipinski definition) is 1. The molecule has 0 saturated carbocycles. The Morgan fingerprint density at radius 2 is 2.24 bits per heavy atom. The van der Waals surface area contributed by atoms with Crippen molar-refractivity contribution in [2.75, 3.05) is 7.05 Å². The lowest BCUT2D eigenvalue weighted by atomic mass is 9.98. The molecule has 4 rings (SSSR count). The summed E-state index contributed by atoms with van der Waals surface area (Å²) in [6.07, 6.45) is 9.07. The highest BCUT2D eigenvalue weighted by atomic mass is 32.1. The van der Waals surface area contributed by atoms with Crippen LogP contribution in [0.3, 0.4) is 0 Å². The Balaban J connectivity index is 1.43. The zero-order chi connectivity index (χ0) is 14.4. The van der Waals surface area contributed by atoms with E-state index < -0.39 is 0 Å². The van der Waals surface area contributed by atoms with Crippen molar-refractivity contribution in [3.05, 3.63) is 23.5 Å². The van der Waals surface area contributed by atoms with Gasteiger partial charge in [-0.1, -0.05) is 0 Å². The maximum atomic E-state index is 12.5. The summed E-state index contributed by atoms with van der Waals surface area (Å²) in [6.45, 7) is 0. The van der Waals surface area contributed by atoms with Crippen molar-refractivity contribution >= 4 is 22.2 Å². The van der Waals surface area contributed by atoms with Gasteiger partial charge in [0.25, 0.3) is 0 Å². The number of thiazole rings is 1. The van der Waals surface area contributed by atoms with Gasteiger partial charge in [-0.15, -0.1) is 11.3 Å². The molecule has 0 spiro atoms. The molecule has 1 amide bonds. The van der Waals surface area contributed by atoms with Crippen molar-refractivity contribution in [2.24, 2.45) is 0 Å². The normalized spacial score (nSPS) is 28.1. The molecule has 2 aromatic heterocycles. The highest BCUT2D eigenvalue weighted by molar-refractivity contribution is 7.15. The molecule has 1 N–H and O–H groups in total. The molecule has 5 nitrogen and oxygen atoms in total. The van der Waals surface area contributed by atoms with Crippen LogP contribution < -0.4 is 5.32 Å². The highest BCUT2D eigenvalue weighted by Crippen LogP contribution is 2.29. The van der Waals surface area contributed by atoms with E-state index in [-0.39, 0.29) is 5.91 Å². The smallest absolute Gasteiger partial charge is 0.228 e. The number of nitrogens with zero attached hydrogens (tertiary/aromatic N) is 3. The fraction of sp³-hybridized carbons (Fsp3) is 0.600. The molecule has 4 heterocycles. The number of carbonyl (C=O) groups is 1. The first-order valence-electron chi connectivity index (χ1n) is 7.62. The van der Waals surface area contributed by atoms with Gasteiger partial charge in [-0.05, 0) is 25.7 Å². The summed E-state index contributed by atoms with van der Waals surface area (Å²) in [5.74, 6) is 0.187. The lowest BCUT2D eigenvalue weighted by Crippen LogP contribution is -2.49. The number of hydrogen-bond acceptors (Lipinski definition) is 4. The van der Waals surface area contributed by atoms with Crippen LogP contribution in [0.15, 0.2) is 17.8 Å². The van der Waals surface area contributed by atoms with Crippen LogP contribution in [0.1, 0.15) is 31.4 Å². The van der Waals surface area contributed by atoms with Crippen molar-refractivity contribution in [2.45, 2.75) is 50.2 Å². The summed E-state index contributed by atoms with van der Waals surface area (Å²) < 4.78 is 1.98. The topological polar surface area (TPSA) is 49.6 Å². The number of carbonyl (C=O) groups excluding carboxylic acids is 1. The third-order valence-corrected chi connectivity index (χ3v) is 5.64. The molecule has 0 aliphatic carbocycles. The Kier molecular flexibility index (Phi) is 3.23. The molecular weight excluding hydrogens is 284 g/mol. The van der Waals surface area contributed by atoms with Crippen LogP contribution in [-0.2, 0) is 11.2 Å². The van der Waals surface area contributed by atoms with E-state index in [2.05, 4.69) is 10.3 Å². The zero-order valence-corrected chi connectivity index (χ0v) is 13.0. The predicted octanol–water partition coefficient (Wildman–Crippen LogP) is 1.68. The summed E-state index contributed by atoms with van der Waals surface area (Å²) in [5, 5.41) is 5.63. The van der Waals surface area contributed by atoms with Gasteiger partial charge in [-0.2, -0.15) is 0 Å². The molecule has 2 aromatic rings. The molecule has 112 valence electrons. The van der Waals surface area contributed by atoms with E-state index in [4.69, 9.17) is 0 Å². The monoisotopic (exact) mass is 304 g/mol. The molecule has 0 aromatic carbocycles. The summed E-state index contributed by atoms with van der Waals surface area (Å²) in [4.78, 5) is 19.9. The molecule has 2 fully saturated rings. The van der Waals surface area contributed by atoms with E-state index in [0.29, 0.717) is 24.5 Å². The second-order valence-corrected chi connectivity index (χ2v) is 7.14. The molecule has 0 radical (unpaired) electrons. The van der Waals surface area contributed by atoms with Gasteiger partial charge >= 0.3 is 0 Å². The summed E-state index contributed by atoms with van der Waals surface area (Å²) in [6, 6.07) is 1.61. The number of likely N-dealkylation sites (N-methyl/N-ethyl adjacent to an activating group) is 1. The minimum Gasteiger partial charge on any atom is -0.342 e. The largest absolute Gasteiger partial charge is 0.342 e. The molecule has 2 saturated heterocycles. The van der Waals surface area contributed by atoms with E-state index >= 15 is 0 Å². The molecular formula is C15H20N4OS. The van der Waals surface area contributed by atoms with Gasteiger partial charge in [-0.25, -0.2) is 4.98 Å². The lowest BCUT2D eigenvalue weighted by molar-refractivity contribution is -0.132. The van der Waals surface area contributed by atoms with Gasteiger partial charge in [0, 0.05) is 42.9 Å². The number of amides is 1. The van der Waals surface area contributed by atoms with E-state index in [1.165, 1.54) is 12.8 Å². The van der Waals surface area contributed by atoms with E-state index in [1.807, 2.05) is 34.1 Å². The van der Waals surface area contributed by atoms with Crippen LogP contribution in [0.2, 0.25) is 0 Å². The molecule has 21 heavy (non-hydrogen) atoms. The molecule has 2 atom stereocenters. The number of fused-ring (bicyclic) bond motifs is 3. The maximum Gasteiger partial charge on any atom is 0.228 e. The van der Waals surface area contributed by atoms with Crippen LogP contribution >= 0.6 is 11.3 Å². The van der Waals surface area contributed by atoms with Gasteiger partial charge in [0.15, 0.2) is 4.96 Å². The Labute approximate surface area is 128 Å². The fourth-order valence-electron chi connectivity index (χ4n) is 3.69. The molecule has 2 aliphatic rings. The minimum atomic E-state index is 0.187. The third-order valence-electron chi connectivity index (χ3n) is 4.86. The SMILES string of the molecule is CN(C(=O)Cc1cn2ccsc2n1)C1CC2CCC(C1)N2. The van der Waals surface area contributed by atoms with Gasteiger partial charge in [0.05, 0.1) is 12.1 Å². The first-order valence-corrected chi connectivity index (χ1v) is 8.50. The molecule has 2 unspecified atom stereocenters. The summed E-state index contributed by atoms with van der Waals surface area (Å²) in [5.41, 5.74) is 0.871. The standard InChI is InChI=1S/C15H20N4OS/c1-18(13-6-10-2-3-11(7-13)16-10)14(20)8-12-9-19-4-5-21-15(19)17-12/h4-5,9-11,13,16H,2-3,6-8H2,1H3. The second kappa shape index (κ2) is 5.10. The number of piperidine rings is 1. The van der Waals surface area contributed by atoms with Crippen LogP contribution in [0.25, 0.3) is 4.96 Å². The van der Waals surface area contributed by atoms with Gasteiger partial charge in [-0.3, -0.25) is 9.20 Å². The van der Waals surface area contributed by atoms with E-state index in [9.17, 15) is 4.79 Å². The quantitative estimate of drug-likeness (QED) is 0.938. The highest BCUT2D eigenvalue weighted by Gasteiger charge is 2.36. The van der Waals surface area contributed by atoms with Crippen LogP contribution in [0, 0.1) is 0 Å². The average molecular weight is 304 g/mol. The van der Waals surface area contributed by atoms with E-state index in [0.717, 1.165) is 23.5 Å². The van der Waals surface area contributed by atoms with E-state index in [1.54, 1.807) is 11.3 Å². The molecule has 6 heteroatoms. The van der Waals surface area contributed by atoms with Crippen molar-refractivity contribution in [3.63, 3.8) is 0 Å². The van der Waals surface area contributed by atoms with Gasteiger partial charge in [0.2, 0.25) is 5.91 Å². The maximum absolute atomic E-state index is 12.5. The molecule has 2 aliphatic heterocycles. The minimum absolute atomic E-state index is 0.187. The first kappa shape index (κ1) is 13.3. The Morgan fingerprint density at radius 3 is 2.95 bits per heavy atom. The zero-order valence-electron chi connectivity index (χ0n) is 12.2. The number of aromatic nitrogens is 2. The van der Waals surface area contributed by atoms with Crippen LogP contribution in [0.4, 0.5) is 0 Å². The van der Waals surface area contributed by atoms with Gasteiger partial charge in [0.1, 0.15) is 0 Å². The van der Waals surface area contributed by atoms with Crippen molar-refractivity contribution < 1.29 is 4.79 Å². The number of imidazole rings is 1. The van der Waals surface area contributed by atoms with Crippen LogP contribution in [-0.4, -0.2) is 45.4 Å². The van der Waals surface area contributed by atoms with Crippen molar-refractivity contribution in [1.82, 2.24) is 19.6 Å². The Bertz CT molecular complexity index is 623. The Hall–Kier alpha value is -1.40. The molecule has 2 bridgehead atoms. The van der Waals surface area contributed by atoms with Crippen molar-refractivity contribution in [3.8, 4) is 0 Å². The second-order valence-electron chi connectivity index (χ2n) is 6.27. The number of rotatable bonds is 3. The average Bonchev–Trinajstić information content (AvgIpc) is 3.13. The summed E-state index contributed by atoms with van der Waals surface area (Å²) in [7, 11) is 1.95. The van der Waals surface area contributed by atoms with Crippen LogP contribution in [0.5, 0.6) is 0 Å². The Morgan fingerprint density at radius 1 is 1.48 bits per heavy atom. The number of nitrogens with one attached hydrogen (secondary N) is 1. The van der Waals surface area contributed by atoms with Gasteiger partial charge < -0.3 is 10.2 Å². The predicted molar refractivity (Wildman–Crippen MR) is 82.5 cm³/mol. The first-order chi connectivity index (χ1) is 10.2. The third kappa shape index (κ3) is 2.46.